The van der Waals surface area contributed by atoms with Crippen LogP contribution in [0, 0.1) is 0 Å². The molecule has 10 nitrogen and oxygen atoms in total. The summed E-state index contributed by atoms with van der Waals surface area (Å²) in [6.07, 6.45) is 8.21. The van der Waals surface area contributed by atoms with Crippen LogP contribution in [0.25, 0.3) is 11.2 Å². The van der Waals surface area contributed by atoms with Crippen LogP contribution in [0.4, 0.5) is 10.7 Å². The third-order valence-electron chi connectivity index (χ3n) is 7.89. The van der Waals surface area contributed by atoms with E-state index in [-0.39, 0.29) is 23.7 Å². The van der Waals surface area contributed by atoms with Gasteiger partial charge in [0.2, 0.25) is 11.8 Å². The highest BCUT2D eigenvalue weighted by Gasteiger charge is 2.46. The molecule has 4 aliphatic heterocycles. The lowest BCUT2D eigenvalue weighted by molar-refractivity contribution is 0.0122. The number of aromatic nitrogens is 4. The fourth-order valence-electron chi connectivity index (χ4n) is 6.38. The van der Waals surface area contributed by atoms with Crippen LogP contribution in [0.3, 0.4) is 0 Å². The Morgan fingerprint density at radius 1 is 1.15 bits per heavy atom. The zero-order valence-corrected chi connectivity index (χ0v) is 20.4. The number of nitrogens with one attached hydrogen (secondary N) is 1. The van der Waals surface area contributed by atoms with Crippen LogP contribution in [-0.2, 0) is 4.74 Å². The first kappa shape index (κ1) is 21.9. The maximum atomic E-state index is 12.8. The lowest BCUT2D eigenvalue weighted by atomic mass is 9.95. The van der Waals surface area contributed by atoms with Gasteiger partial charge in [-0.05, 0) is 72.4 Å². The van der Waals surface area contributed by atoms with Gasteiger partial charge < -0.3 is 19.4 Å². The molecule has 0 unspecified atom stereocenters. The number of amides is 1. The van der Waals surface area contributed by atoms with Crippen molar-refractivity contribution in [3.63, 3.8) is 0 Å². The van der Waals surface area contributed by atoms with Crippen molar-refractivity contribution < 1.29 is 14.3 Å². The predicted octanol–water partition coefficient (Wildman–Crippen LogP) is 2.95. The van der Waals surface area contributed by atoms with E-state index < -0.39 is 5.60 Å². The molecule has 0 radical (unpaired) electrons. The molecule has 1 amide bonds. The summed E-state index contributed by atoms with van der Waals surface area (Å²) in [5, 5.41) is 0. The lowest BCUT2D eigenvalue weighted by Crippen LogP contribution is -2.57. The first-order chi connectivity index (χ1) is 16.3. The van der Waals surface area contributed by atoms with Gasteiger partial charge in [-0.2, -0.15) is 9.97 Å². The Balaban J connectivity index is 1.22. The van der Waals surface area contributed by atoms with Gasteiger partial charge in [0.15, 0.2) is 11.2 Å². The van der Waals surface area contributed by atoms with Gasteiger partial charge in [-0.3, -0.25) is 9.80 Å². The van der Waals surface area contributed by atoms with Gasteiger partial charge in [-0.25, -0.2) is 9.78 Å². The summed E-state index contributed by atoms with van der Waals surface area (Å²) >= 11 is 0. The Hall–Kier alpha value is -2.62. The van der Waals surface area contributed by atoms with Crippen molar-refractivity contribution in [2.45, 2.75) is 82.5 Å². The number of H-pyrrole nitrogens is 1. The van der Waals surface area contributed by atoms with E-state index in [1.165, 1.54) is 38.8 Å². The largest absolute Gasteiger partial charge is 0.474 e. The van der Waals surface area contributed by atoms with E-state index in [9.17, 15) is 4.79 Å². The zero-order chi connectivity index (χ0) is 23.5. The molecular formula is C24H35N7O3. The number of rotatable bonds is 4. The smallest absolute Gasteiger partial charge is 0.410 e. The molecule has 4 fully saturated rings. The average Bonchev–Trinajstić information content (AvgIpc) is 3.53. The second kappa shape index (κ2) is 7.96. The molecule has 34 heavy (non-hydrogen) atoms. The number of fused-ring (bicyclic) bond motifs is 4. The number of hydrogen-bond donors (Lipinski definition) is 1. The molecule has 2 aromatic rings. The summed E-state index contributed by atoms with van der Waals surface area (Å²) in [5.41, 5.74) is 1.01. The van der Waals surface area contributed by atoms with Crippen LogP contribution < -0.4 is 9.64 Å². The van der Waals surface area contributed by atoms with Crippen LogP contribution in [-0.4, -0.2) is 91.8 Å². The number of nitrogens with zero attached hydrogens (tertiary/aromatic N) is 6. The van der Waals surface area contributed by atoms with Crippen LogP contribution >= 0.6 is 0 Å². The highest BCUT2D eigenvalue weighted by atomic mass is 16.6. The molecule has 0 aromatic carbocycles. The van der Waals surface area contributed by atoms with Crippen LogP contribution in [0.5, 0.6) is 5.88 Å². The van der Waals surface area contributed by atoms with E-state index in [1.54, 1.807) is 6.33 Å². The molecular weight excluding hydrogens is 434 g/mol. The number of piperazine rings is 1. The molecule has 0 saturated carbocycles. The normalized spacial score (nSPS) is 26.3. The summed E-state index contributed by atoms with van der Waals surface area (Å²) in [6.45, 7) is 10.1. The van der Waals surface area contributed by atoms with Crippen molar-refractivity contribution in [1.29, 1.82) is 0 Å². The first-order valence-electron chi connectivity index (χ1n) is 12.7. The Morgan fingerprint density at radius 3 is 2.53 bits per heavy atom. The Morgan fingerprint density at radius 2 is 1.85 bits per heavy atom. The number of hydrogen-bond acceptors (Lipinski definition) is 8. The molecule has 0 spiro atoms. The minimum Gasteiger partial charge on any atom is -0.474 e. The molecule has 6 rings (SSSR count). The topological polar surface area (TPSA) is 99.7 Å². The van der Waals surface area contributed by atoms with Gasteiger partial charge in [0, 0.05) is 13.1 Å². The number of aromatic amines is 1. The monoisotopic (exact) mass is 469 g/mol. The van der Waals surface area contributed by atoms with Crippen LogP contribution in [0.1, 0.15) is 59.3 Å². The van der Waals surface area contributed by atoms with Crippen molar-refractivity contribution in [2.24, 2.45) is 0 Å². The van der Waals surface area contributed by atoms with Gasteiger partial charge in [0.25, 0.3) is 0 Å². The van der Waals surface area contributed by atoms with Crippen molar-refractivity contribution in [1.82, 2.24) is 29.7 Å². The number of carbonyl (C=O) groups is 1. The summed E-state index contributed by atoms with van der Waals surface area (Å²) in [7, 11) is 0. The van der Waals surface area contributed by atoms with Crippen molar-refractivity contribution in [2.75, 3.05) is 37.7 Å². The van der Waals surface area contributed by atoms with E-state index in [1.807, 2.05) is 25.7 Å². The van der Waals surface area contributed by atoms with Crippen LogP contribution in [0.2, 0.25) is 0 Å². The fourth-order valence-corrected chi connectivity index (χ4v) is 6.38. The maximum Gasteiger partial charge on any atom is 0.410 e. The van der Waals surface area contributed by atoms with Gasteiger partial charge in [0.1, 0.15) is 12.2 Å². The predicted molar refractivity (Wildman–Crippen MR) is 127 cm³/mol. The van der Waals surface area contributed by atoms with E-state index in [0.717, 1.165) is 12.8 Å². The summed E-state index contributed by atoms with van der Waals surface area (Å²) in [5.74, 6) is 1.19. The Labute approximate surface area is 200 Å². The second-order valence-corrected chi connectivity index (χ2v) is 11.3. The van der Waals surface area contributed by atoms with E-state index in [2.05, 4.69) is 19.8 Å². The molecule has 2 aromatic heterocycles. The van der Waals surface area contributed by atoms with Crippen molar-refractivity contribution in [3.05, 3.63) is 6.33 Å². The first-order valence-corrected chi connectivity index (χ1v) is 12.7. The van der Waals surface area contributed by atoms with Gasteiger partial charge in [-0.1, -0.05) is 0 Å². The summed E-state index contributed by atoms with van der Waals surface area (Å²) < 4.78 is 12.1. The zero-order valence-electron chi connectivity index (χ0n) is 20.4. The number of carbonyl (C=O) groups excluding carboxylic acids is 1. The molecule has 1 N–H and O–H groups in total. The highest BCUT2D eigenvalue weighted by molar-refractivity contribution is 5.77. The third kappa shape index (κ3) is 3.76. The van der Waals surface area contributed by atoms with Crippen molar-refractivity contribution >= 4 is 23.2 Å². The Kier molecular flexibility index (Phi) is 5.13. The lowest BCUT2D eigenvalue weighted by Gasteiger charge is -2.41. The number of anilines is 1. The SMILES string of the molecule is CC(C)(C)OC(=O)N1[C@@H]2CC[C@H]1CN(c1nc(OCC34CCCN3CCC4)c3nc[nH]c3n1)C2. The summed E-state index contributed by atoms with van der Waals surface area (Å²) in [4.78, 5) is 36.7. The standard InChI is InChI=1S/C24H35N7O3/c1-23(2,3)34-22(32)31-16-6-7-17(31)13-29(12-16)21-27-19-18(25-15-26-19)20(28-21)33-14-24-8-4-10-30(24)11-5-9-24/h15-17H,4-14H2,1-3H3,(H,25,26,27,28)/t16-,17+. The molecule has 4 saturated heterocycles. The average molecular weight is 470 g/mol. The molecule has 2 atom stereocenters. The van der Waals surface area contributed by atoms with E-state index >= 15 is 0 Å². The second-order valence-electron chi connectivity index (χ2n) is 11.3. The molecule has 6 heterocycles. The Bertz CT molecular complexity index is 1060. The highest BCUT2D eigenvalue weighted by Crippen LogP contribution is 2.40. The van der Waals surface area contributed by atoms with Gasteiger partial charge >= 0.3 is 6.09 Å². The quantitative estimate of drug-likeness (QED) is 0.730. The molecule has 4 aliphatic rings. The maximum absolute atomic E-state index is 12.8. The number of ether oxygens (including phenoxy) is 2. The number of imidazole rings is 1. The van der Waals surface area contributed by atoms with Gasteiger partial charge in [0.05, 0.1) is 23.9 Å². The molecule has 2 bridgehead atoms. The fraction of sp³-hybridized carbons (Fsp3) is 0.750. The van der Waals surface area contributed by atoms with Crippen LogP contribution in [0.15, 0.2) is 6.33 Å². The minimum absolute atomic E-state index is 0.100. The van der Waals surface area contributed by atoms with E-state index in [0.29, 0.717) is 42.7 Å². The molecule has 0 aliphatic carbocycles. The van der Waals surface area contributed by atoms with Gasteiger partial charge in [-0.15, -0.1) is 0 Å². The molecule has 184 valence electrons. The third-order valence-corrected chi connectivity index (χ3v) is 7.89. The minimum atomic E-state index is -0.498. The summed E-state index contributed by atoms with van der Waals surface area (Å²) in [6, 6.07) is 0.201. The van der Waals surface area contributed by atoms with E-state index in [4.69, 9.17) is 19.4 Å². The molecule has 10 heteroatoms. The van der Waals surface area contributed by atoms with Crippen molar-refractivity contribution in [3.8, 4) is 5.88 Å².